The Kier molecular flexibility index (Phi) is 5.06. The number of aromatic nitrogens is 4. The first kappa shape index (κ1) is 17.5. The Labute approximate surface area is 158 Å². The molecule has 0 saturated carbocycles. The van der Waals surface area contributed by atoms with Crippen LogP contribution in [-0.4, -0.2) is 57.8 Å². The lowest BCUT2D eigenvalue weighted by atomic mass is 10.1. The van der Waals surface area contributed by atoms with Crippen molar-refractivity contribution in [3.63, 3.8) is 0 Å². The van der Waals surface area contributed by atoms with E-state index in [0.717, 1.165) is 30.8 Å². The lowest BCUT2D eigenvalue weighted by Gasteiger charge is -2.29. The highest BCUT2D eigenvalue weighted by Gasteiger charge is 2.18. The third-order valence-corrected chi connectivity index (χ3v) is 4.69. The van der Waals surface area contributed by atoms with Crippen LogP contribution in [-0.2, 0) is 6.61 Å². The van der Waals surface area contributed by atoms with Crippen molar-refractivity contribution in [3.05, 3.63) is 42.1 Å². The Hall–Kier alpha value is -2.87. The van der Waals surface area contributed by atoms with E-state index in [1.807, 2.05) is 30.5 Å². The normalized spacial score (nSPS) is 17.8. The molecule has 27 heavy (non-hydrogen) atoms. The summed E-state index contributed by atoms with van der Waals surface area (Å²) in [7, 11) is 3.79. The van der Waals surface area contributed by atoms with Crippen molar-refractivity contribution in [2.75, 3.05) is 32.6 Å². The Morgan fingerprint density at radius 1 is 1.19 bits per heavy atom. The van der Waals surface area contributed by atoms with Gasteiger partial charge in [0.1, 0.15) is 12.4 Å². The fourth-order valence-corrected chi connectivity index (χ4v) is 3.25. The maximum atomic E-state index is 5.79. The first-order chi connectivity index (χ1) is 13.2. The number of hydrogen-bond acceptors (Lipinski definition) is 7. The van der Waals surface area contributed by atoms with Crippen LogP contribution in [0.25, 0.3) is 5.78 Å². The molecule has 8 heteroatoms. The summed E-state index contributed by atoms with van der Waals surface area (Å²) in [6, 6.07) is 9.92. The first-order valence-electron chi connectivity index (χ1n) is 9.14. The number of hydrogen-bond donors (Lipinski definition) is 1. The van der Waals surface area contributed by atoms with E-state index in [0.29, 0.717) is 30.3 Å². The molecule has 142 valence electrons. The van der Waals surface area contributed by atoms with Crippen LogP contribution in [0.1, 0.15) is 18.4 Å². The molecule has 2 aromatic heterocycles. The third-order valence-electron chi connectivity index (χ3n) is 4.69. The quantitative estimate of drug-likeness (QED) is 0.715. The zero-order valence-electron chi connectivity index (χ0n) is 15.6. The molecule has 0 spiro atoms. The van der Waals surface area contributed by atoms with Crippen LogP contribution >= 0.6 is 0 Å². The van der Waals surface area contributed by atoms with Crippen molar-refractivity contribution in [1.82, 2.24) is 24.5 Å². The van der Waals surface area contributed by atoms with Gasteiger partial charge in [0.25, 0.3) is 5.78 Å². The lowest BCUT2D eigenvalue weighted by molar-refractivity contribution is 0.260. The average molecular weight is 368 g/mol. The Bertz CT molecular complexity index is 895. The number of likely N-dealkylation sites (N-methyl/N-ethyl adjacent to an activating group) is 1. The number of methoxy groups -OCH3 is 1. The van der Waals surface area contributed by atoms with Gasteiger partial charge in [0.15, 0.2) is 0 Å². The molecule has 1 aliphatic heterocycles. The van der Waals surface area contributed by atoms with Gasteiger partial charge < -0.3 is 19.7 Å². The zero-order valence-corrected chi connectivity index (χ0v) is 15.6. The summed E-state index contributed by atoms with van der Waals surface area (Å²) in [5.41, 5.74) is 1.04. The van der Waals surface area contributed by atoms with Crippen LogP contribution < -0.4 is 14.8 Å². The standard InChI is InChI=1S/C19H24N6O2/c1-24-10-3-4-15(12-24)20-18-22-19-21-17(9-11-25(19)23-18)27-13-14-5-7-16(26-2)8-6-14/h5-9,11,15H,3-4,10,12-13H2,1-2H3,(H,20,23)/t15-/m1/s1. The minimum absolute atomic E-state index is 0.368. The molecule has 0 radical (unpaired) electrons. The van der Waals surface area contributed by atoms with Gasteiger partial charge in [-0.05, 0) is 44.1 Å². The van der Waals surface area contributed by atoms with Gasteiger partial charge in [-0.1, -0.05) is 12.1 Å². The highest BCUT2D eigenvalue weighted by molar-refractivity contribution is 5.39. The van der Waals surface area contributed by atoms with E-state index in [1.165, 1.54) is 6.42 Å². The molecule has 0 amide bonds. The summed E-state index contributed by atoms with van der Waals surface area (Å²) in [6.07, 6.45) is 4.13. The fourth-order valence-electron chi connectivity index (χ4n) is 3.25. The molecule has 1 atom stereocenters. The molecular formula is C19H24N6O2. The van der Waals surface area contributed by atoms with Gasteiger partial charge in [-0.15, -0.1) is 5.10 Å². The largest absolute Gasteiger partial charge is 0.497 e. The van der Waals surface area contributed by atoms with E-state index < -0.39 is 0 Å². The van der Waals surface area contributed by atoms with E-state index in [4.69, 9.17) is 9.47 Å². The van der Waals surface area contributed by atoms with E-state index in [2.05, 4.69) is 32.3 Å². The number of piperidine rings is 1. The fraction of sp³-hybridized carbons (Fsp3) is 0.421. The summed E-state index contributed by atoms with van der Waals surface area (Å²) in [5, 5.41) is 7.87. The van der Waals surface area contributed by atoms with Gasteiger partial charge in [0.05, 0.1) is 7.11 Å². The number of rotatable bonds is 6. The average Bonchev–Trinajstić information content (AvgIpc) is 3.08. The van der Waals surface area contributed by atoms with Gasteiger partial charge >= 0.3 is 0 Å². The second kappa shape index (κ2) is 7.79. The van der Waals surface area contributed by atoms with Gasteiger partial charge in [-0.2, -0.15) is 9.97 Å². The molecule has 1 saturated heterocycles. The minimum atomic E-state index is 0.368. The molecular weight excluding hydrogens is 344 g/mol. The van der Waals surface area contributed by atoms with Crippen molar-refractivity contribution in [3.8, 4) is 11.6 Å². The number of nitrogens with one attached hydrogen (secondary N) is 1. The number of benzene rings is 1. The van der Waals surface area contributed by atoms with Crippen LogP contribution in [0.4, 0.5) is 5.95 Å². The topological polar surface area (TPSA) is 76.8 Å². The molecule has 4 rings (SSSR count). The third kappa shape index (κ3) is 4.28. The van der Waals surface area contributed by atoms with Crippen molar-refractivity contribution in [2.45, 2.75) is 25.5 Å². The molecule has 8 nitrogen and oxygen atoms in total. The molecule has 0 aliphatic carbocycles. The molecule has 3 heterocycles. The summed E-state index contributed by atoms with van der Waals surface area (Å²) in [4.78, 5) is 11.2. The molecule has 1 fully saturated rings. The van der Waals surface area contributed by atoms with Crippen LogP contribution in [0.2, 0.25) is 0 Å². The maximum Gasteiger partial charge on any atom is 0.257 e. The van der Waals surface area contributed by atoms with E-state index in [1.54, 1.807) is 17.7 Å². The van der Waals surface area contributed by atoms with Crippen molar-refractivity contribution < 1.29 is 9.47 Å². The second-order valence-electron chi connectivity index (χ2n) is 6.83. The molecule has 0 unspecified atom stereocenters. The van der Waals surface area contributed by atoms with Crippen LogP contribution in [0.15, 0.2) is 36.5 Å². The molecule has 3 aromatic rings. The van der Waals surface area contributed by atoms with Gasteiger partial charge in [0, 0.05) is 24.8 Å². The van der Waals surface area contributed by atoms with E-state index in [9.17, 15) is 0 Å². The number of nitrogens with zero attached hydrogens (tertiary/aromatic N) is 5. The Morgan fingerprint density at radius 2 is 2.04 bits per heavy atom. The number of ether oxygens (including phenoxy) is 2. The summed E-state index contributed by atoms with van der Waals surface area (Å²) in [6.45, 7) is 2.58. The number of likely N-dealkylation sites (tertiary alicyclic amines) is 1. The summed E-state index contributed by atoms with van der Waals surface area (Å²) >= 11 is 0. The predicted octanol–water partition coefficient (Wildman–Crippen LogP) is 2.22. The SMILES string of the molecule is COc1ccc(COc2ccn3nc(N[C@@H]4CCCN(C)C4)nc3n2)cc1. The summed E-state index contributed by atoms with van der Waals surface area (Å²) < 4.78 is 12.6. The highest BCUT2D eigenvalue weighted by atomic mass is 16.5. The lowest BCUT2D eigenvalue weighted by Crippen LogP contribution is -2.39. The first-order valence-corrected chi connectivity index (χ1v) is 9.14. The van der Waals surface area contributed by atoms with E-state index in [-0.39, 0.29) is 0 Å². The molecule has 0 bridgehead atoms. The summed E-state index contributed by atoms with van der Waals surface area (Å²) in [5.74, 6) is 2.48. The predicted molar refractivity (Wildman–Crippen MR) is 102 cm³/mol. The maximum absolute atomic E-state index is 5.79. The number of fused-ring (bicyclic) bond motifs is 1. The molecule has 1 aliphatic rings. The highest BCUT2D eigenvalue weighted by Crippen LogP contribution is 2.16. The van der Waals surface area contributed by atoms with Crippen LogP contribution in [0, 0.1) is 0 Å². The van der Waals surface area contributed by atoms with Crippen LogP contribution in [0.3, 0.4) is 0 Å². The van der Waals surface area contributed by atoms with Crippen LogP contribution in [0.5, 0.6) is 11.6 Å². The number of anilines is 1. The minimum Gasteiger partial charge on any atom is -0.497 e. The van der Waals surface area contributed by atoms with Gasteiger partial charge in [-0.25, -0.2) is 4.52 Å². The van der Waals surface area contributed by atoms with Crippen molar-refractivity contribution >= 4 is 11.7 Å². The van der Waals surface area contributed by atoms with Gasteiger partial charge in [-0.3, -0.25) is 0 Å². The van der Waals surface area contributed by atoms with Crippen molar-refractivity contribution in [1.29, 1.82) is 0 Å². The Balaban J connectivity index is 1.40. The van der Waals surface area contributed by atoms with Crippen molar-refractivity contribution in [2.24, 2.45) is 0 Å². The monoisotopic (exact) mass is 368 g/mol. The molecule has 1 aromatic carbocycles. The second-order valence-corrected chi connectivity index (χ2v) is 6.83. The van der Waals surface area contributed by atoms with E-state index >= 15 is 0 Å². The zero-order chi connectivity index (χ0) is 18.6. The van der Waals surface area contributed by atoms with Gasteiger partial charge in [0.2, 0.25) is 11.8 Å². The Morgan fingerprint density at radius 3 is 2.81 bits per heavy atom. The smallest absolute Gasteiger partial charge is 0.257 e. The molecule has 1 N–H and O–H groups in total.